The van der Waals surface area contributed by atoms with Gasteiger partial charge in [0.25, 0.3) is 0 Å². The van der Waals surface area contributed by atoms with Gasteiger partial charge in [-0.3, -0.25) is 4.79 Å². The highest BCUT2D eigenvalue weighted by molar-refractivity contribution is 6.74. The first-order valence-electron chi connectivity index (χ1n) is 19.2. The molecule has 0 aromatic heterocycles. The summed E-state index contributed by atoms with van der Waals surface area (Å²) in [7, 11) is -3.91. The number of carbonyl (C=O) groups excluding carboxylic acids is 1. The van der Waals surface area contributed by atoms with Crippen LogP contribution in [-0.2, 0) is 18.4 Å². The SMILES string of the molecule is CCOC(=O)C(C)(C)C(O)C=C[C@](C)(F)[C@H]1CC[C@H]2C(=CC=C3C[C@@H](O[Si](C)(C)C(C)(C)C)C[C@H](O[Si](C)(C)C(C)(C)C)C3)CCC[C@@]21C. The van der Waals surface area contributed by atoms with E-state index in [1.807, 2.05) is 0 Å². The molecule has 3 rings (SSSR count). The van der Waals surface area contributed by atoms with Crippen LogP contribution in [0.5, 0.6) is 0 Å². The van der Waals surface area contributed by atoms with Crippen molar-refractivity contribution in [3.8, 4) is 0 Å². The van der Waals surface area contributed by atoms with Crippen LogP contribution < -0.4 is 0 Å². The Balaban J connectivity index is 1.86. The van der Waals surface area contributed by atoms with Gasteiger partial charge in [-0.1, -0.05) is 77.8 Å². The molecule has 3 saturated carbocycles. The fourth-order valence-corrected chi connectivity index (χ4v) is 10.8. The molecular formula is C41H73FO5Si2. The van der Waals surface area contributed by atoms with E-state index in [4.69, 9.17) is 13.6 Å². The Labute approximate surface area is 302 Å². The van der Waals surface area contributed by atoms with Crippen molar-refractivity contribution in [3.63, 3.8) is 0 Å². The van der Waals surface area contributed by atoms with Crippen molar-refractivity contribution in [2.75, 3.05) is 6.61 Å². The first-order chi connectivity index (χ1) is 22.2. The highest BCUT2D eigenvalue weighted by Crippen LogP contribution is 2.61. The molecule has 1 N–H and O–H groups in total. The number of fused-ring (bicyclic) bond motifs is 1. The van der Waals surface area contributed by atoms with Crippen LogP contribution in [0.15, 0.2) is 35.5 Å². The van der Waals surface area contributed by atoms with Crippen LogP contribution >= 0.6 is 0 Å². The Hall–Kier alpha value is -1.07. The van der Waals surface area contributed by atoms with E-state index in [2.05, 4.69) is 86.8 Å². The number of hydrogen-bond acceptors (Lipinski definition) is 5. The van der Waals surface area contributed by atoms with Crippen LogP contribution in [0.4, 0.5) is 4.39 Å². The third-order valence-corrected chi connectivity index (χ3v) is 22.4. The largest absolute Gasteiger partial charge is 0.465 e. The second-order valence-electron chi connectivity index (χ2n) is 19.7. The van der Waals surface area contributed by atoms with E-state index in [0.29, 0.717) is 5.92 Å². The molecule has 8 heteroatoms. The summed E-state index contributed by atoms with van der Waals surface area (Å²) in [6.45, 7) is 32.5. The van der Waals surface area contributed by atoms with Gasteiger partial charge in [-0.15, -0.1) is 0 Å². The summed E-state index contributed by atoms with van der Waals surface area (Å²) in [5.41, 5.74) is -0.0817. The minimum Gasteiger partial charge on any atom is -0.465 e. The molecule has 282 valence electrons. The molecule has 0 saturated heterocycles. The molecule has 0 bridgehead atoms. The van der Waals surface area contributed by atoms with Gasteiger partial charge < -0.3 is 18.7 Å². The number of alkyl halides is 1. The molecule has 3 fully saturated rings. The molecule has 0 aromatic rings. The van der Waals surface area contributed by atoms with Crippen LogP contribution in [0.25, 0.3) is 0 Å². The Morgan fingerprint density at radius 3 is 1.96 bits per heavy atom. The quantitative estimate of drug-likeness (QED) is 0.131. The molecule has 1 unspecified atom stereocenters. The van der Waals surface area contributed by atoms with Gasteiger partial charge in [0.05, 0.1) is 30.3 Å². The summed E-state index contributed by atoms with van der Waals surface area (Å²) in [6, 6.07) is 0. The first kappa shape index (κ1) is 42.3. The summed E-state index contributed by atoms with van der Waals surface area (Å²) >= 11 is 0. The molecule has 5 nitrogen and oxygen atoms in total. The lowest BCUT2D eigenvalue weighted by Gasteiger charge is -2.46. The number of allylic oxidation sites excluding steroid dienone is 4. The molecule has 0 aromatic carbocycles. The minimum absolute atomic E-state index is 0.146. The van der Waals surface area contributed by atoms with Gasteiger partial charge in [-0.25, -0.2) is 4.39 Å². The average molecular weight is 721 g/mol. The van der Waals surface area contributed by atoms with E-state index in [9.17, 15) is 9.90 Å². The number of aliphatic hydroxyl groups is 1. The third kappa shape index (κ3) is 9.68. The molecule has 3 aliphatic rings. The lowest BCUT2D eigenvalue weighted by molar-refractivity contribution is -0.158. The fourth-order valence-electron chi connectivity index (χ4n) is 8.10. The van der Waals surface area contributed by atoms with Crippen LogP contribution in [0.3, 0.4) is 0 Å². The zero-order valence-corrected chi connectivity index (χ0v) is 36.0. The highest BCUT2D eigenvalue weighted by Gasteiger charge is 2.55. The Bertz CT molecular complexity index is 1210. The number of esters is 1. The Kier molecular flexibility index (Phi) is 13.1. The first-order valence-corrected chi connectivity index (χ1v) is 25.0. The molecule has 0 aliphatic heterocycles. The summed E-state index contributed by atoms with van der Waals surface area (Å²) < 4.78 is 35.9. The average Bonchev–Trinajstić information content (AvgIpc) is 3.31. The van der Waals surface area contributed by atoms with Crippen molar-refractivity contribution in [1.82, 2.24) is 0 Å². The topological polar surface area (TPSA) is 65.0 Å². The van der Waals surface area contributed by atoms with Crippen LogP contribution in [-0.4, -0.2) is 58.3 Å². The van der Waals surface area contributed by atoms with Crippen molar-refractivity contribution in [2.45, 2.75) is 188 Å². The fraction of sp³-hybridized carbons (Fsp3) is 0.829. The van der Waals surface area contributed by atoms with Gasteiger partial charge in [0.15, 0.2) is 16.6 Å². The Morgan fingerprint density at radius 2 is 1.47 bits per heavy atom. The normalized spacial score (nSPS) is 30.3. The van der Waals surface area contributed by atoms with E-state index in [0.717, 1.165) is 51.4 Å². The maximum Gasteiger partial charge on any atom is 0.314 e. The summed E-state index contributed by atoms with van der Waals surface area (Å²) in [4.78, 5) is 12.4. The van der Waals surface area contributed by atoms with E-state index in [1.54, 1.807) is 27.7 Å². The predicted molar refractivity (Wildman–Crippen MR) is 207 cm³/mol. The smallest absolute Gasteiger partial charge is 0.314 e. The summed E-state index contributed by atoms with van der Waals surface area (Å²) in [5, 5.41) is 11.2. The number of halogens is 1. The number of aliphatic hydroxyl groups excluding tert-OH is 1. The molecule has 7 atom stereocenters. The maximum absolute atomic E-state index is 16.7. The second kappa shape index (κ2) is 15.1. The lowest BCUT2D eigenvalue weighted by atomic mass is 9.60. The lowest BCUT2D eigenvalue weighted by Crippen LogP contribution is -2.48. The zero-order chi connectivity index (χ0) is 37.4. The monoisotopic (exact) mass is 720 g/mol. The number of ether oxygens (including phenoxy) is 1. The maximum atomic E-state index is 16.7. The van der Waals surface area contributed by atoms with Crippen LogP contribution in [0, 0.1) is 22.7 Å². The minimum atomic E-state index is -1.96. The second-order valence-corrected chi connectivity index (χ2v) is 29.2. The van der Waals surface area contributed by atoms with Crippen LogP contribution in [0.1, 0.15) is 128 Å². The van der Waals surface area contributed by atoms with Gasteiger partial charge in [-0.05, 0) is 133 Å². The predicted octanol–water partition coefficient (Wildman–Crippen LogP) is 11.3. The summed E-state index contributed by atoms with van der Waals surface area (Å²) in [6.07, 6.45) is 14.6. The van der Waals surface area contributed by atoms with Crippen molar-refractivity contribution in [2.24, 2.45) is 22.7 Å². The summed E-state index contributed by atoms with van der Waals surface area (Å²) in [5.74, 6) is -0.324. The molecule has 49 heavy (non-hydrogen) atoms. The van der Waals surface area contributed by atoms with E-state index in [-0.39, 0.29) is 40.2 Å². The van der Waals surface area contributed by atoms with E-state index >= 15 is 4.39 Å². The standard InChI is InChI=1S/C41H73FO5Si2/c1-16-45-36(44)39(8,9)35(43)23-25-41(11,42)34-22-21-33-30(18-17-24-40(33,34)10)20-19-29-26-31(46-48(12,13)37(2,3)4)28-32(27-29)47-49(14,15)38(5,6)7/h19-20,23,25,31-35,43H,16-18,21-22,24,26-28H2,1-15H3/t31-,32-,33+,34+,35?,40+,41+/m1/s1. The third-order valence-electron chi connectivity index (χ3n) is 13.4. The molecular weight excluding hydrogens is 648 g/mol. The van der Waals surface area contributed by atoms with Crippen molar-refractivity contribution in [1.29, 1.82) is 0 Å². The van der Waals surface area contributed by atoms with Crippen molar-refractivity contribution < 1.29 is 27.9 Å². The van der Waals surface area contributed by atoms with Crippen LogP contribution in [0.2, 0.25) is 36.3 Å². The van der Waals surface area contributed by atoms with Gasteiger partial charge in [-0.2, -0.15) is 0 Å². The van der Waals surface area contributed by atoms with Gasteiger partial charge >= 0.3 is 5.97 Å². The van der Waals surface area contributed by atoms with Gasteiger partial charge in [0, 0.05) is 5.92 Å². The number of hydrogen-bond donors (Lipinski definition) is 1. The number of rotatable bonds is 11. The van der Waals surface area contributed by atoms with E-state index in [1.165, 1.54) is 23.3 Å². The van der Waals surface area contributed by atoms with Gasteiger partial charge in [0.1, 0.15) is 5.67 Å². The van der Waals surface area contributed by atoms with E-state index < -0.39 is 39.8 Å². The Morgan fingerprint density at radius 1 is 0.939 bits per heavy atom. The molecule has 3 aliphatic carbocycles. The molecule has 0 radical (unpaired) electrons. The molecule has 0 spiro atoms. The zero-order valence-electron chi connectivity index (χ0n) is 34.0. The van der Waals surface area contributed by atoms with Gasteiger partial charge in [0.2, 0.25) is 0 Å². The molecule has 0 amide bonds. The number of carbonyl (C=O) groups is 1. The van der Waals surface area contributed by atoms with Crippen molar-refractivity contribution >= 4 is 22.6 Å². The molecule has 0 heterocycles. The van der Waals surface area contributed by atoms with Crippen molar-refractivity contribution in [3.05, 3.63) is 35.5 Å². The highest BCUT2D eigenvalue weighted by atomic mass is 28.4.